The third-order valence-electron chi connectivity index (χ3n) is 4.21. The summed E-state index contributed by atoms with van der Waals surface area (Å²) in [5, 5.41) is 14.4. The molecule has 0 saturated carbocycles. The molecule has 6 nitrogen and oxygen atoms in total. The zero-order chi connectivity index (χ0) is 19.4. The molecule has 0 saturated heterocycles. The maximum Gasteiger partial charge on any atom is 0.153 e. The highest BCUT2D eigenvalue weighted by Crippen LogP contribution is 2.28. The molecular formula is C20H21FN6. The molecule has 0 fully saturated rings. The van der Waals surface area contributed by atoms with Crippen molar-refractivity contribution in [2.24, 2.45) is 4.99 Å². The Kier molecular flexibility index (Phi) is 5.30. The van der Waals surface area contributed by atoms with E-state index < -0.39 is 5.82 Å². The Labute approximate surface area is 157 Å². The number of fused-ring (bicyclic) bond motifs is 1. The Hall–Kier alpha value is -3.48. The lowest BCUT2D eigenvalue weighted by atomic mass is 10.1. The molecule has 1 aromatic heterocycles. The topological polar surface area (TPSA) is 67.1 Å². The van der Waals surface area contributed by atoms with Gasteiger partial charge in [0, 0.05) is 20.3 Å². The van der Waals surface area contributed by atoms with E-state index in [1.165, 1.54) is 6.07 Å². The zero-order valence-electron chi connectivity index (χ0n) is 15.5. The molecular weight excluding hydrogens is 343 g/mol. The van der Waals surface area contributed by atoms with Crippen molar-refractivity contribution in [2.75, 3.05) is 24.7 Å². The van der Waals surface area contributed by atoms with Gasteiger partial charge in [-0.1, -0.05) is 11.8 Å². The van der Waals surface area contributed by atoms with E-state index in [2.05, 4.69) is 32.5 Å². The van der Waals surface area contributed by atoms with Crippen LogP contribution in [0.5, 0.6) is 0 Å². The van der Waals surface area contributed by atoms with Crippen LogP contribution >= 0.6 is 0 Å². The van der Waals surface area contributed by atoms with Crippen LogP contribution in [-0.4, -0.2) is 35.3 Å². The fourth-order valence-electron chi connectivity index (χ4n) is 2.79. The molecule has 0 unspecified atom stereocenters. The highest BCUT2D eigenvalue weighted by molar-refractivity contribution is 5.87. The van der Waals surface area contributed by atoms with Crippen molar-refractivity contribution in [1.29, 1.82) is 0 Å². The summed E-state index contributed by atoms with van der Waals surface area (Å²) >= 11 is 0. The smallest absolute Gasteiger partial charge is 0.153 e. The van der Waals surface area contributed by atoms with Gasteiger partial charge in [-0.3, -0.25) is 4.99 Å². The molecule has 138 valence electrons. The lowest BCUT2D eigenvalue weighted by molar-refractivity contribution is 0.635. The molecule has 3 aromatic rings. The summed E-state index contributed by atoms with van der Waals surface area (Å²) in [6, 6.07) is 9.05. The summed E-state index contributed by atoms with van der Waals surface area (Å²) < 4.78 is 16.2. The van der Waals surface area contributed by atoms with Crippen LogP contribution in [0.15, 0.2) is 54.2 Å². The van der Waals surface area contributed by atoms with Gasteiger partial charge in [-0.05, 0) is 60.7 Å². The summed E-state index contributed by atoms with van der Waals surface area (Å²) in [5.41, 5.74) is 4.99. The van der Waals surface area contributed by atoms with Crippen molar-refractivity contribution in [2.45, 2.75) is 6.92 Å². The van der Waals surface area contributed by atoms with Crippen LogP contribution in [0.25, 0.3) is 22.3 Å². The van der Waals surface area contributed by atoms with E-state index in [1.54, 1.807) is 24.1 Å². The Morgan fingerprint density at radius 3 is 2.78 bits per heavy atom. The van der Waals surface area contributed by atoms with Gasteiger partial charge < -0.3 is 10.6 Å². The molecule has 2 N–H and O–H groups in total. The molecule has 0 radical (unpaired) electrons. The largest absolute Gasteiger partial charge is 0.386 e. The van der Waals surface area contributed by atoms with Crippen molar-refractivity contribution in [3.05, 3.63) is 60.6 Å². The van der Waals surface area contributed by atoms with E-state index in [0.717, 1.165) is 28.2 Å². The number of nitrogens with one attached hydrogen (secondary N) is 2. The average Bonchev–Trinajstić information content (AvgIpc) is 3.11. The van der Waals surface area contributed by atoms with Gasteiger partial charge in [-0.2, -0.15) is 0 Å². The normalized spacial score (nSPS) is 11.9. The number of hydrogen-bond acceptors (Lipinski definition) is 5. The molecule has 0 amide bonds. The first-order valence-electron chi connectivity index (χ1n) is 8.43. The number of rotatable bonds is 6. The second-order valence-electron chi connectivity index (χ2n) is 5.91. The van der Waals surface area contributed by atoms with E-state index in [-0.39, 0.29) is 5.52 Å². The van der Waals surface area contributed by atoms with Crippen LogP contribution in [0.3, 0.4) is 0 Å². The predicted octanol–water partition coefficient (Wildman–Crippen LogP) is 4.26. The quantitative estimate of drug-likeness (QED) is 0.641. The maximum absolute atomic E-state index is 14.6. The highest BCUT2D eigenvalue weighted by atomic mass is 19.1. The van der Waals surface area contributed by atoms with E-state index >= 15 is 0 Å². The van der Waals surface area contributed by atoms with Crippen LogP contribution in [0.2, 0.25) is 0 Å². The first-order chi connectivity index (χ1) is 13.1. The molecule has 3 rings (SSSR count). The van der Waals surface area contributed by atoms with Gasteiger partial charge in [0.25, 0.3) is 0 Å². The Balaban J connectivity index is 2.15. The molecule has 7 heteroatoms. The van der Waals surface area contributed by atoms with Crippen molar-refractivity contribution < 1.29 is 4.39 Å². The SMILES string of the molecule is C=CNc1ccc(-n2nnc3c(F)cc(/C(C)=C/C=NC)cc32)cc1NC. The number of hydrogen-bond donors (Lipinski definition) is 2. The first-order valence-corrected chi connectivity index (χ1v) is 8.43. The molecule has 0 atom stereocenters. The molecule has 0 bridgehead atoms. The number of aliphatic imine (C=N–C) groups is 1. The van der Waals surface area contributed by atoms with Gasteiger partial charge in [0.15, 0.2) is 5.82 Å². The molecule has 27 heavy (non-hydrogen) atoms. The number of nitrogens with zero attached hydrogens (tertiary/aromatic N) is 4. The molecule has 0 aliphatic rings. The average molecular weight is 364 g/mol. The summed E-state index contributed by atoms with van der Waals surface area (Å²) in [6.07, 6.45) is 5.12. The van der Waals surface area contributed by atoms with Crippen LogP contribution in [-0.2, 0) is 0 Å². The van der Waals surface area contributed by atoms with Crippen LogP contribution in [0.1, 0.15) is 12.5 Å². The zero-order valence-corrected chi connectivity index (χ0v) is 15.5. The molecule has 0 aliphatic carbocycles. The molecule has 0 spiro atoms. The van der Waals surface area contributed by atoms with Crippen molar-refractivity contribution >= 4 is 34.2 Å². The minimum atomic E-state index is -0.409. The summed E-state index contributed by atoms with van der Waals surface area (Å²) in [5.74, 6) is -0.409. The molecule has 0 aliphatic heterocycles. The third kappa shape index (κ3) is 3.57. The fraction of sp³-hybridized carbons (Fsp3) is 0.150. The third-order valence-corrected chi connectivity index (χ3v) is 4.21. The second kappa shape index (κ2) is 7.82. The van der Waals surface area contributed by atoms with Crippen LogP contribution in [0, 0.1) is 5.82 Å². The minimum Gasteiger partial charge on any atom is -0.386 e. The predicted molar refractivity (Wildman–Crippen MR) is 110 cm³/mol. The Bertz CT molecular complexity index is 1050. The van der Waals surface area contributed by atoms with Crippen molar-refractivity contribution in [3.63, 3.8) is 0 Å². The second-order valence-corrected chi connectivity index (χ2v) is 5.91. The number of benzene rings is 2. The monoisotopic (exact) mass is 364 g/mol. The van der Waals surface area contributed by atoms with Gasteiger partial charge in [0.1, 0.15) is 5.52 Å². The number of allylic oxidation sites excluding steroid dienone is 2. The summed E-state index contributed by atoms with van der Waals surface area (Å²) in [6.45, 7) is 5.59. The Morgan fingerprint density at radius 1 is 1.26 bits per heavy atom. The van der Waals surface area contributed by atoms with Gasteiger partial charge in [0.2, 0.25) is 0 Å². The lowest BCUT2D eigenvalue weighted by Gasteiger charge is -2.11. The van der Waals surface area contributed by atoms with Gasteiger partial charge in [-0.15, -0.1) is 5.10 Å². The van der Waals surface area contributed by atoms with Crippen LogP contribution in [0.4, 0.5) is 15.8 Å². The van der Waals surface area contributed by atoms with E-state index in [1.807, 2.05) is 44.3 Å². The molecule has 1 heterocycles. The minimum absolute atomic E-state index is 0.231. The fourth-order valence-corrected chi connectivity index (χ4v) is 2.79. The maximum atomic E-state index is 14.6. The first kappa shape index (κ1) is 18.3. The number of anilines is 2. The van der Waals surface area contributed by atoms with E-state index in [9.17, 15) is 4.39 Å². The standard InChI is InChI=1S/C20H21FN6/c1-5-24-17-7-6-15(12-18(17)23-4)27-19-11-14(13(2)8-9-22-3)10-16(21)20(19)25-26-27/h5-12,23-24H,1H2,2-4H3/b13-8+,22-9?. The number of halogens is 1. The van der Waals surface area contributed by atoms with Crippen molar-refractivity contribution in [3.8, 4) is 5.69 Å². The molecule has 2 aromatic carbocycles. The van der Waals surface area contributed by atoms with E-state index in [0.29, 0.717) is 5.52 Å². The van der Waals surface area contributed by atoms with Gasteiger partial charge >= 0.3 is 0 Å². The highest BCUT2D eigenvalue weighted by Gasteiger charge is 2.14. The van der Waals surface area contributed by atoms with Gasteiger partial charge in [-0.25, -0.2) is 9.07 Å². The van der Waals surface area contributed by atoms with Crippen LogP contribution < -0.4 is 10.6 Å². The number of aromatic nitrogens is 3. The summed E-state index contributed by atoms with van der Waals surface area (Å²) in [7, 11) is 3.52. The van der Waals surface area contributed by atoms with Crippen molar-refractivity contribution in [1.82, 2.24) is 15.0 Å². The lowest BCUT2D eigenvalue weighted by Crippen LogP contribution is -2.01. The summed E-state index contributed by atoms with van der Waals surface area (Å²) in [4.78, 5) is 3.94. The van der Waals surface area contributed by atoms with E-state index in [4.69, 9.17) is 0 Å². The Morgan fingerprint density at radius 2 is 2.07 bits per heavy atom. The van der Waals surface area contributed by atoms with Gasteiger partial charge in [0.05, 0.1) is 22.6 Å².